The van der Waals surface area contributed by atoms with Crippen LogP contribution in [0.4, 0.5) is 0 Å². The third-order valence-electron chi connectivity index (χ3n) is 2.41. The van der Waals surface area contributed by atoms with Crippen LogP contribution in [0.3, 0.4) is 0 Å². The number of hydrogen-bond donors (Lipinski definition) is 2. The highest BCUT2D eigenvalue weighted by atomic mass is 14.9. The van der Waals surface area contributed by atoms with Crippen molar-refractivity contribution >= 4 is 0 Å². The summed E-state index contributed by atoms with van der Waals surface area (Å²) in [6.45, 7) is 7.37. The van der Waals surface area contributed by atoms with Gasteiger partial charge in [0.05, 0.1) is 0 Å². The summed E-state index contributed by atoms with van der Waals surface area (Å²) in [4.78, 5) is 0. The number of nitrogens with two attached hydrogens (primary N) is 1. The molecule has 80 valence electrons. The van der Waals surface area contributed by atoms with Crippen LogP contribution in [0.1, 0.15) is 52.9 Å². The molecular weight excluding hydrogens is 160 g/mol. The van der Waals surface area contributed by atoms with Gasteiger partial charge in [-0.25, -0.2) is 0 Å². The lowest BCUT2D eigenvalue weighted by atomic mass is 10.1. The molecule has 0 saturated carbocycles. The monoisotopic (exact) mass is 186 g/mol. The predicted molar refractivity (Wildman–Crippen MR) is 59.9 cm³/mol. The fourth-order valence-corrected chi connectivity index (χ4v) is 1.51. The van der Waals surface area contributed by atoms with E-state index in [0.717, 1.165) is 6.54 Å². The molecule has 0 bridgehead atoms. The van der Waals surface area contributed by atoms with Crippen LogP contribution in [0.15, 0.2) is 0 Å². The minimum Gasteiger partial charge on any atom is -0.329 e. The third-order valence-corrected chi connectivity index (χ3v) is 2.41. The molecule has 0 rings (SSSR count). The van der Waals surface area contributed by atoms with Gasteiger partial charge in [-0.2, -0.15) is 0 Å². The fraction of sp³-hybridized carbons (Fsp3) is 1.00. The lowest BCUT2D eigenvalue weighted by molar-refractivity contribution is 0.434. The molecule has 0 aromatic heterocycles. The summed E-state index contributed by atoms with van der Waals surface area (Å²) in [6, 6.07) is 1.08. The first-order valence-electron chi connectivity index (χ1n) is 5.66. The Morgan fingerprint density at radius 1 is 1.08 bits per heavy atom. The lowest BCUT2D eigenvalue weighted by Crippen LogP contribution is -2.39. The smallest absolute Gasteiger partial charge is 0.0164 e. The zero-order valence-electron chi connectivity index (χ0n) is 9.47. The van der Waals surface area contributed by atoms with Crippen molar-refractivity contribution in [2.24, 2.45) is 5.73 Å². The van der Waals surface area contributed by atoms with Crippen LogP contribution >= 0.6 is 0 Å². The highest BCUT2D eigenvalue weighted by Crippen LogP contribution is 2.05. The molecule has 0 spiro atoms. The van der Waals surface area contributed by atoms with Crippen LogP contribution in [0, 0.1) is 0 Å². The SMILES string of the molecule is CCCCCCC(C)NC(C)CN. The standard InChI is InChI=1S/C11H26N2/c1-4-5-6-7-8-10(2)13-11(3)9-12/h10-11,13H,4-9,12H2,1-3H3. The van der Waals surface area contributed by atoms with Gasteiger partial charge in [0.25, 0.3) is 0 Å². The van der Waals surface area contributed by atoms with Gasteiger partial charge >= 0.3 is 0 Å². The van der Waals surface area contributed by atoms with Crippen molar-refractivity contribution in [3.8, 4) is 0 Å². The molecule has 0 aliphatic heterocycles. The first kappa shape index (κ1) is 12.9. The van der Waals surface area contributed by atoms with Crippen molar-refractivity contribution in [3.63, 3.8) is 0 Å². The van der Waals surface area contributed by atoms with Gasteiger partial charge in [0.1, 0.15) is 0 Å². The van der Waals surface area contributed by atoms with Crippen molar-refractivity contribution in [2.45, 2.75) is 65.0 Å². The highest BCUT2D eigenvalue weighted by molar-refractivity contribution is 4.67. The van der Waals surface area contributed by atoms with Gasteiger partial charge < -0.3 is 11.1 Å². The van der Waals surface area contributed by atoms with E-state index in [1.165, 1.54) is 32.1 Å². The van der Waals surface area contributed by atoms with E-state index in [1.807, 2.05) is 0 Å². The first-order chi connectivity index (χ1) is 6.20. The summed E-state index contributed by atoms with van der Waals surface area (Å²) in [5.74, 6) is 0. The Hall–Kier alpha value is -0.0800. The lowest BCUT2D eigenvalue weighted by Gasteiger charge is -2.18. The molecule has 0 amide bonds. The summed E-state index contributed by atoms with van der Waals surface area (Å²) >= 11 is 0. The van der Waals surface area contributed by atoms with Crippen LogP contribution in [0.5, 0.6) is 0 Å². The molecular formula is C11H26N2. The fourth-order valence-electron chi connectivity index (χ4n) is 1.51. The minimum absolute atomic E-state index is 0.459. The number of hydrogen-bond acceptors (Lipinski definition) is 2. The normalized spacial score (nSPS) is 15.7. The van der Waals surface area contributed by atoms with Gasteiger partial charge in [0, 0.05) is 18.6 Å². The Labute approximate surface area is 83.3 Å². The van der Waals surface area contributed by atoms with E-state index in [1.54, 1.807) is 0 Å². The summed E-state index contributed by atoms with van der Waals surface area (Å²) in [7, 11) is 0. The quantitative estimate of drug-likeness (QED) is 0.571. The van der Waals surface area contributed by atoms with Crippen molar-refractivity contribution in [3.05, 3.63) is 0 Å². The molecule has 0 aromatic carbocycles. The Bertz CT molecular complexity index is 104. The molecule has 0 fully saturated rings. The van der Waals surface area contributed by atoms with Crippen LogP contribution in [0.2, 0.25) is 0 Å². The maximum atomic E-state index is 5.53. The summed E-state index contributed by atoms with van der Waals surface area (Å²) in [5.41, 5.74) is 5.53. The second-order valence-electron chi connectivity index (χ2n) is 4.05. The number of rotatable bonds is 8. The van der Waals surface area contributed by atoms with E-state index in [-0.39, 0.29) is 0 Å². The molecule has 2 atom stereocenters. The number of nitrogens with one attached hydrogen (secondary N) is 1. The summed E-state index contributed by atoms with van der Waals surface area (Å²) < 4.78 is 0. The van der Waals surface area contributed by atoms with E-state index in [9.17, 15) is 0 Å². The van der Waals surface area contributed by atoms with Crippen molar-refractivity contribution in [2.75, 3.05) is 6.54 Å². The average Bonchev–Trinajstić information content (AvgIpc) is 2.12. The Morgan fingerprint density at radius 3 is 2.31 bits per heavy atom. The van der Waals surface area contributed by atoms with Crippen LogP contribution in [-0.4, -0.2) is 18.6 Å². The maximum Gasteiger partial charge on any atom is 0.0164 e. The molecule has 2 unspecified atom stereocenters. The summed E-state index contributed by atoms with van der Waals surface area (Å²) in [6.07, 6.45) is 6.70. The van der Waals surface area contributed by atoms with E-state index >= 15 is 0 Å². The van der Waals surface area contributed by atoms with Gasteiger partial charge in [-0.15, -0.1) is 0 Å². The van der Waals surface area contributed by atoms with Crippen molar-refractivity contribution in [1.82, 2.24) is 5.32 Å². The molecule has 0 radical (unpaired) electrons. The van der Waals surface area contributed by atoms with Gasteiger partial charge in [0.15, 0.2) is 0 Å². The van der Waals surface area contributed by atoms with E-state index in [4.69, 9.17) is 5.73 Å². The average molecular weight is 186 g/mol. The second-order valence-corrected chi connectivity index (χ2v) is 4.05. The first-order valence-corrected chi connectivity index (χ1v) is 5.66. The van der Waals surface area contributed by atoms with Gasteiger partial charge in [-0.3, -0.25) is 0 Å². The van der Waals surface area contributed by atoms with Gasteiger partial charge in [-0.05, 0) is 20.3 Å². The van der Waals surface area contributed by atoms with Crippen LogP contribution in [-0.2, 0) is 0 Å². The maximum absolute atomic E-state index is 5.53. The molecule has 2 heteroatoms. The zero-order chi connectivity index (χ0) is 10.1. The van der Waals surface area contributed by atoms with E-state index in [0.29, 0.717) is 12.1 Å². The Morgan fingerprint density at radius 2 is 1.77 bits per heavy atom. The topological polar surface area (TPSA) is 38.0 Å². The second kappa shape index (κ2) is 8.52. The minimum atomic E-state index is 0.459. The van der Waals surface area contributed by atoms with Crippen molar-refractivity contribution in [1.29, 1.82) is 0 Å². The Kier molecular flexibility index (Phi) is 8.46. The van der Waals surface area contributed by atoms with E-state index < -0.39 is 0 Å². The molecule has 0 aliphatic carbocycles. The predicted octanol–water partition coefficient (Wildman–Crippen LogP) is 2.28. The molecule has 0 saturated heterocycles. The van der Waals surface area contributed by atoms with Crippen molar-refractivity contribution < 1.29 is 0 Å². The van der Waals surface area contributed by atoms with E-state index in [2.05, 4.69) is 26.1 Å². The molecule has 13 heavy (non-hydrogen) atoms. The molecule has 0 aromatic rings. The largest absolute Gasteiger partial charge is 0.329 e. The summed E-state index contributed by atoms with van der Waals surface area (Å²) in [5, 5.41) is 3.48. The highest BCUT2D eigenvalue weighted by Gasteiger charge is 2.04. The number of unbranched alkanes of at least 4 members (excludes halogenated alkanes) is 3. The molecule has 0 heterocycles. The molecule has 2 nitrogen and oxygen atoms in total. The van der Waals surface area contributed by atoms with Gasteiger partial charge in [0.2, 0.25) is 0 Å². The van der Waals surface area contributed by atoms with Crippen LogP contribution < -0.4 is 11.1 Å². The Balaban J connectivity index is 3.24. The third kappa shape index (κ3) is 8.26. The zero-order valence-corrected chi connectivity index (χ0v) is 9.47. The van der Waals surface area contributed by atoms with Crippen LogP contribution in [0.25, 0.3) is 0 Å². The van der Waals surface area contributed by atoms with Gasteiger partial charge in [-0.1, -0.05) is 32.6 Å². The molecule has 3 N–H and O–H groups in total. The molecule has 0 aliphatic rings.